The van der Waals surface area contributed by atoms with Crippen LogP contribution in [0.1, 0.15) is 19.4 Å². The van der Waals surface area contributed by atoms with Crippen LogP contribution in [-0.4, -0.2) is 42.4 Å². The summed E-state index contributed by atoms with van der Waals surface area (Å²) in [6.45, 7) is 5.68. The maximum atomic E-state index is 10.4. The lowest BCUT2D eigenvalue weighted by atomic mass is 10.1. The number of halogens is 1. The average molecular weight is 364 g/mol. The van der Waals surface area contributed by atoms with Gasteiger partial charge in [0.2, 0.25) is 0 Å². The monoisotopic (exact) mass is 363 g/mol. The highest BCUT2D eigenvalue weighted by molar-refractivity contribution is 6.30. The smallest absolute Gasteiger partial charge is 0.123 e. The van der Waals surface area contributed by atoms with Crippen LogP contribution < -0.4 is 9.47 Å². The molecule has 25 heavy (non-hydrogen) atoms. The SMILES string of the molecule is COc1ccccc1CN(CC(O)COc1ccc(Cl)cc1)C(C)C. The van der Waals surface area contributed by atoms with Gasteiger partial charge in [0.05, 0.1) is 7.11 Å². The predicted octanol–water partition coefficient (Wildman–Crippen LogP) is 4.00. The second kappa shape index (κ2) is 9.66. The van der Waals surface area contributed by atoms with E-state index in [0.29, 0.717) is 23.9 Å². The van der Waals surface area contributed by atoms with Crippen LogP contribution in [0.3, 0.4) is 0 Å². The molecule has 0 aliphatic heterocycles. The topological polar surface area (TPSA) is 41.9 Å². The summed E-state index contributed by atoms with van der Waals surface area (Å²) >= 11 is 5.86. The van der Waals surface area contributed by atoms with Crippen molar-refractivity contribution in [3.05, 3.63) is 59.1 Å². The zero-order valence-corrected chi connectivity index (χ0v) is 15.7. The standard InChI is InChI=1S/C20H26ClNO3/c1-15(2)22(12-16-6-4-5-7-20(16)24-3)13-18(23)14-25-19-10-8-17(21)9-11-19/h4-11,15,18,23H,12-14H2,1-3H3. The van der Waals surface area contributed by atoms with E-state index in [4.69, 9.17) is 21.1 Å². The van der Waals surface area contributed by atoms with Gasteiger partial charge in [0.25, 0.3) is 0 Å². The molecular weight excluding hydrogens is 338 g/mol. The summed E-state index contributed by atoms with van der Waals surface area (Å²) in [5, 5.41) is 11.0. The van der Waals surface area contributed by atoms with Crippen molar-refractivity contribution in [3.63, 3.8) is 0 Å². The first-order chi connectivity index (χ1) is 12.0. The van der Waals surface area contributed by atoms with E-state index in [0.717, 1.165) is 11.3 Å². The first-order valence-electron chi connectivity index (χ1n) is 8.42. The number of benzene rings is 2. The van der Waals surface area contributed by atoms with E-state index in [2.05, 4.69) is 18.7 Å². The number of hydrogen-bond acceptors (Lipinski definition) is 4. The van der Waals surface area contributed by atoms with Crippen molar-refractivity contribution in [2.75, 3.05) is 20.3 Å². The lowest BCUT2D eigenvalue weighted by Crippen LogP contribution is -2.39. The lowest BCUT2D eigenvalue weighted by molar-refractivity contribution is 0.0540. The van der Waals surface area contributed by atoms with Crippen LogP contribution >= 0.6 is 11.6 Å². The fourth-order valence-corrected chi connectivity index (χ4v) is 2.68. The molecule has 0 aliphatic rings. The molecular formula is C20H26ClNO3. The minimum atomic E-state index is -0.590. The van der Waals surface area contributed by atoms with Crippen molar-refractivity contribution in [2.45, 2.75) is 32.5 Å². The Balaban J connectivity index is 1.92. The van der Waals surface area contributed by atoms with E-state index in [1.165, 1.54) is 0 Å². The molecule has 0 spiro atoms. The van der Waals surface area contributed by atoms with Crippen molar-refractivity contribution in [1.82, 2.24) is 4.90 Å². The normalized spacial score (nSPS) is 12.4. The zero-order chi connectivity index (χ0) is 18.2. The fraction of sp³-hybridized carbons (Fsp3) is 0.400. The van der Waals surface area contributed by atoms with Gasteiger partial charge in [-0.25, -0.2) is 0 Å². The van der Waals surface area contributed by atoms with Gasteiger partial charge < -0.3 is 14.6 Å². The number of aliphatic hydroxyl groups is 1. The molecule has 5 heteroatoms. The molecule has 2 rings (SSSR count). The van der Waals surface area contributed by atoms with Crippen LogP contribution in [0.25, 0.3) is 0 Å². The summed E-state index contributed by atoms with van der Waals surface area (Å²) in [4.78, 5) is 2.20. The quantitative estimate of drug-likeness (QED) is 0.731. The van der Waals surface area contributed by atoms with Gasteiger partial charge in [-0.1, -0.05) is 29.8 Å². The molecule has 136 valence electrons. The van der Waals surface area contributed by atoms with Crippen molar-refractivity contribution >= 4 is 11.6 Å². The summed E-state index contributed by atoms with van der Waals surface area (Å²) in [5.74, 6) is 1.56. The van der Waals surface area contributed by atoms with Crippen LogP contribution in [0.2, 0.25) is 5.02 Å². The van der Waals surface area contributed by atoms with E-state index in [1.54, 1.807) is 31.4 Å². The van der Waals surface area contributed by atoms with Crippen LogP contribution in [0.15, 0.2) is 48.5 Å². The molecule has 0 radical (unpaired) electrons. The van der Waals surface area contributed by atoms with Crippen LogP contribution in [0.5, 0.6) is 11.5 Å². The largest absolute Gasteiger partial charge is 0.496 e. The van der Waals surface area contributed by atoms with Crippen molar-refractivity contribution < 1.29 is 14.6 Å². The van der Waals surface area contributed by atoms with Crippen LogP contribution in [0.4, 0.5) is 0 Å². The summed E-state index contributed by atoms with van der Waals surface area (Å²) < 4.78 is 11.1. The summed E-state index contributed by atoms with van der Waals surface area (Å²) in [6, 6.07) is 15.4. The van der Waals surface area contributed by atoms with Gasteiger partial charge in [0, 0.05) is 29.7 Å². The van der Waals surface area contributed by atoms with E-state index in [-0.39, 0.29) is 12.6 Å². The Morgan fingerprint density at radius 3 is 2.40 bits per heavy atom. The van der Waals surface area contributed by atoms with E-state index < -0.39 is 6.10 Å². The number of ether oxygens (including phenoxy) is 2. The van der Waals surface area contributed by atoms with Gasteiger partial charge in [-0.3, -0.25) is 4.90 Å². The number of aliphatic hydroxyl groups excluding tert-OH is 1. The summed E-state index contributed by atoms with van der Waals surface area (Å²) in [6.07, 6.45) is -0.590. The number of methoxy groups -OCH3 is 1. The van der Waals surface area contributed by atoms with E-state index >= 15 is 0 Å². The highest BCUT2D eigenvalue weighted by Gasteiger charge is 2.17. The Hall–Kier alpha value is -1.75. The average Bonchev–Trinajstić information content (AvgIpc) is 2.61. The van der Waals surface area contributed by atoms with Gasteiger partial charge in [-0.05, 0) is 44.2 Å². The maximum Gasteiger partial charge on any atom is 0.123 e. The molecule has 2 aromatic rings. The summed E-state index contributed by atoms with van der Waals surface area (Å²) in [5.41, 5.74) is 1.10. The van der Waals surface area contributed by atoms with Gasteiger partial charge in [-0.15, -0.1) is 0 Å². The molecule has 0 heterocycles. The molecule has 1 N–H and O–H groups in total. The Morgan fingerprint density at radius 1 is 1.08 bits per heavy atom. The highest BCUT2D eigenvalue weighted by Crippen LogP contribution is 2.21. The van der Waals surface area contributed by atoms with Crippen molar-refractivity contribution in [1.29, 1.82) is 0 Å². The molecule has 1 atom stereocenters. The van der Waals surface area contributed by atoms with E-state index in [1.807, 2.05) is 24.3 Å². The molecule has 0 fully saturated rings. The van der Waals surface area contributed by atoms with E-state index in [9.17, 15) is 5.11 Å². The highest BCUT2D eigenvalue weighted by atomic mass is 35.5. The maximum absolute atomic E-state index is 10.4. The van der Waals surface area contributed by atoms with Gasteiger partial charge in [-0.2, -0.15) is 0 Å². The molecule has 0 bridgehead atoms. The van der Waals surface area contributed by atoms with Crippen molar-refractivity contribution in [2.24, 2.45) is 0 Å². The number of hydrogen-bond donors (Lipinski definition) is 1. The summed E-state index contributed by atoms with van der Waals surface area (Å²) in [7, 11) is 1.67. The minimum Gasteiger partial charge on any atom is -0.496 e. The Labute approximate surface area is 154 Å². The number of rotatable bonds is 9. The molecule has 0 aliphatic carbocycles. The molecule has 0 amide bonds. The Morgan fingerprint density at radius 2 is 1.76 bits per heavy atom. The fourth-order valence-electron chi connectivity index (χ4n) is 2.56. The second-order valence-electron chi connectivity index (χ2n) is 6.25. The molecule has 0 saturated heterocycles. The third-order valence-corrected chi connectivity index (χ3v) is 4.25. The molecule has 0 aromatic heterocycles. The van der Waals surface area contributed by atoms with Gasteiger partial charge in [0.15, 0.2) is 0 Å². The molecule has 2 aromatic carbocycles. The zero-order valence-electron chi connectivity index (χ0n) is 15.0. The number of nitrogens with zero attached hydrogens (tertiary/aromatic N) is 1. The second-order valence-corrected chi connectivity index (χ2v) is 6.69. The lowest BCUT2D eigenvalue weighted by Gasteiger charge is -2.29. The van der Waals surface area contributed by atoms with Gasteiger partial charge >= 0.3 is 0 Å². The third-order valence-electron chi connectivity index (χ3n) is 4.00. The molecule has 1 unspecified atom stereocenters. The number of para-hydroxylation sites is 1. The Kier molecular flexibility index (Phi) is 7.56. The molecule has 4 nitrogen and oxygen atoms in total. The first kappa shape index (κ1) is 19.6. The Bertz CT molecular complexity index is 646. The van der Waals surface area contributed by atoms with Crippen LogP contribution in [-0.2, 0) is 6.54 Å². The van der Waals surface area contributed by atoms with Gasteiger partial charge in [0.1, 0.15) is 24.2 Å². The molecule has 0 saturated carbocycles. The third kappa shape index (κ3) is 6.24. The first-order valence-corrected chi connectivity index (χ1v) is 8.79. The predicted molar refractivity (Wildman–Crippen MR) is 101 cm³/mol. The van der Waals surface area contributed by atoms with Crippen LogP contribution in [0, 0.1) is 0 Å². The van der Waals surface area contributed by atoms with Crippen molar-refractivity contribution in [3.8, 4) is 11.5 Å². The minimum absolute atomic E-state index is 0.233.